The van der Waals surface area contributed by atoms with Crippen LogP contribution in [0, 0.1) is 18.3 Å². The summed E-state index contributed by atoms with van der Waals surface area (Å²) in [6.07, 6.45) is 6.42. The number of ketones is 1. The molecule has 2 atom stereocenters. The third kappa shape index (κ3) is 3.79. The second-order valence-corrected chi connectivity index (χ2v) is 10.4. The molecule has 178 valence electrons. The van der Waals surface area contributed by atoms with Gasteiger partial charge in [0.15, 0.2) is 0 Å². The maximum atomic E-state index is 12.9. The van der Waals surface area contributed by atoms with Crippen LogP contribution in [0.25, 0.3) is 0 Å². The van der Waals surface area contributed by atoms with E-state index in [-0.39, 0.29) is 28.7 Å². The lowest BCUT2D eigenvalue weighted by Crippen LogP contribution is -2.52. The number of rotatable bonds is 5. The first-order chi connectivity index (χ1) is 15.8. The average Bonchev–Trinajstić information content (AvgIpc) is 3.29. The zero-order chi connectivity index (χ0) is 23.3. The maximum absolute atomic E-state index is 12.9. The van der Waals surface area contributed by atoms with E-state index in [0.29, 0.717) is 29.7 Å². The van der Waals surface area contributed by atoms with Crippen LogP contribution in [-0.4, -0.2) is 63.2 Å². The molecule has 7 nitrogen and oxygen atoms in total. The molecule has 0 N–H and O–H groups in total. The second-order valence-electron chi connectivity index (χ2n) is 10.4. The van der Waals surface area contributed by atoms with Crippen LogP contribution in [0.5, 0.6) is 0 Å². The minimum atomic E-state index is -0.318. The second kappa shape index (κ2) is 8.51. The number of ether oxygens (including phenoxy) is 2. The molecular formula is C26H34N2O5. The number of hydrogen-bond donors (Lipinski definition) is 0. The largest absolute Gasteiger partial charge is 0.496 e. The number of carbonyl (C=O) groups is 1. The molecule has 0 saturated carbocycles. The van der Waals surface area contributed by atoms with E-state index in [1.165, 1.54) is 5.57 Å². The average molecular weight is 455 g/mol. The predicted octanol–water partition coefficient (Wildman–Crippen LogP) is 2.11. The van der Waals surface area contributed by atoms with Crippen LogP contribution in [0.4, 0.5) is 5.69 Å². The topological polar surface area (TPSA) is 76.2 Å². The van der Waals surface area contributed by atoms with E-state index < -0.39 is 0 Å². The Balaban J connectivity index is 1.18. The maximum Gasteiger partial charge on any atom is 0.249 e. The van der Waals surface area contributed by atoms with Gasteiger partial charge in [-0.15, -0.1) is 0 Å². The number of likely N-dealkylation sites (tertiary alicyclic amines) is 1. The zero-order valence-corrected chi connectivity index (χ0v) is 19.9. The fraction of sp³-hybridized carbons (Fsp3) is 0.654. The molecule has 0 amide bonds. The summed E-state index contributed by atoms with van der Waals surface area (Å²) in [5, 5.41) is 0. The summed E-state index contributed by atoms with van der Waals surface area (Å²) in [5.74, 6) is 0.0385. The van der Waals surface area contributed by atoms with Gasteiger partial charge in [0.05, 0.1) is 24.0 Å². The molecule has 1 spiro atoms. The number of nitrogens with zero attached hydrogens (tertiary/aromatic N) is 2. The van der Waals surface area contributed by atoms with Gasteiger partial charge in [0.1, 0.15) is 12.4 Å². The number of piperidine rings is 2. The van der Waals surface area contributed by atoms with E-state index in [1.807, 2.05) is 0 Å². The van der Waals surface area contributed by atoms with E-state index in [0.717, 1.165) is 69.6 Å². The number of carbonyl (C=O) groups excluding carboxylic acids is 1. The Labute approximate surface area is 194 Å². The highest BCUT2D eigenvalue weighted by Gasteiger charge is 2.42. The van der Waals surface area contributed by atoms with Gasteiger partial charge >= 0.3 is 0 Å². The molecule has 1 unspecified atom stereocenters. The van der Waals surface area contributed by atoms with Crippen molar-refractivity contribution in [1.82, 2.24) is 4.90 Å². The van der Waals surface area contributed by atoms with E-state index in [2.05, 4.69) is 16.7 Å². The molecule has 1 aliphatic carbocycles. The molecule has 3 aliphatic heterocycles. The number of hydrogen-bond acceptors (Lipinski definition) is 7. The van der Waals surface area contributed by atoms with Crippen LogP contribution in [0.15, 0.2) is 32.6 Å². The van der Waals surface area contributed by atoms with Crippen LogP contribution in [0.1, 0.15) is 44.6 Å². The molecule has 5 rings (SSSR count). The Bertz CT molecular complexity index is 1070. The van der Waals surface area contributed by atoms with Crippen molar-refractivity contribution in [2.24, 2.45) is 11.3 Å². The van der Waals surface area contributed by atoms with Crippen molar-refractivity contribution < 1.29 is 14.3 Å². The first-order valence-corrected chi connectivity index (χ1v) is 12.2. The van der Waals surface area contributed by atoms with Gasteiger partial charge < -0.3 is 19.3 Å². The van der Waals surface area contributed by atoms with Gasteiger partial charge in [-0.05, 0) is 63.6 Å². The van der Waals surface area contributed by atoms with Gasteiger partial charge in [0.25, 0.3) is 0 Å². The fourth-order valence-electron chi connectivity index (χ4n) is 6.48. The third-order valence-electron chi connectivity index (χ3n) is 8.78. The summed E-state index contributed by atoms with van der Waals surface area (Å²) in [4.78, 5) is 41.0. The molecule has 7 heteroatoms. The Kier molecular flexibility index (Phi) is 5.81. The molecule has 1 aromatic carbocycles. The summed E-state index contributed by atoms with van der Waals surface area (Å²) in [7, 11) is 1.72. The van der Waals surface area contributed by atoms with Crippen LogP contribution in [0.2, 0.25) is 0 Å². The van der Waals surface area contributed by atoms with Gasteiger partial charge in [-0.3, -0.25) is 14.4 Å². The highest BCUT2D eigenvalue weighted by molar-refractivity contribution is 5.90. The summed E-state index contributed by atoms with van der Waals surface area (Å²) in [6.45, 7) is 8.87. The smallest absolute Gasteiger partial charge is 0.249 e. The Hall–Kier alpha value is -2.25. The van der Waals surface area contributed by atoms with Crippen molar-refractivity contribution in [3.05, 3.63) is 49.0 Å². The molecule has 1 aromatic rings. The normalized spacial score (nSPS) is 26.5. The SMILES string of the molecule is CO[C@@H](CN1CCC2(CC1)CCN(c1c(C)c(=O)c1=O)CC2)C1C(=O)CC2=COCC2=C1C. The quantitative estimate of drug-likeness (QED) is 0.631. The van der Waals surface area contributed by atoms with Crippen molar-refractivity contribution in [2.45, 2.75) is 52.1 Å². The lowest BCUT2D eigenvalue weighted by atomic mass is 9.71. The van der Waals surface area contributed by atoms with E-state index in [9.17, 15) is 14.4 Å². The molecule has 3 heterocycles. The van der Waals surface area contributed by atoms with Crippen molar-refractivity contribution >= 4 is 11.5 Å². The van der Waals surface area contributed by atoms with Gasteiger partial charge in [0, 0.05) is 44.3 Å². The van der Waals surface area contributed by atoms with Gasteiger partial charge in [0.2, 0.25) is 10.9 Å². The molecule has 2 fully saturated rings. The highest BCUT2D eigenvalue weighted by atomic mass is 16.5. The third-order valence-corrected chi connectivity index (χ3v) is 8.78. The van der Waals surface area contributed by atoms with Gasteiger partial charge in [-0.25, -0.2) is 0 Å². The van der Waals surface area contributed by atoms with E-state index >= 15 is 0 Å². The van der Waals surface area contributed by atoms with Crippen LogP contribution in [0.3, 0.4) is 0 Å². The van der Waals surface area contributed by atoms with Crippen molar-refractivity contribution in [2.75, 3.05) is 51.3 Å². The first kappa shape index (κ1) is 22.5. The molecule has 4 aliphatic rings. The Morgan fingerprint density at radius 3 is 2.36 bits per heavy atom. The van der Waals surface area contributed by atoms with Crippen molar-refractivity contribution in [3.8, 4) is 0 Å². The summed E-state index contributed by atoms with van der Waals surface area (Å²) in [6, 6.07) is 0. The summed E-state index contributed by atoms with van der Waals surface area (Å²) < 4.78 is 11.3. The molecule has 0 radical (unpaired) electrons. The highest BCUT2D eigenvalue weighted by Crippen LogP contribution is 2.43. The Morgan fingerprint density at radius 1 is 1.06 bits per heavy atom. The molecule has 33 heavy (non-hydrogen) atoms. The summed E-state index contributed by atoms with van der Waals surface area (Å²) in [5.41, 5.74) is 4.31. The van der Waals surface area contributed by atoms with Crippen LogP contribution in [-0.2, 0) is 14.3 Å². The Morgan fingerprint density at radius 2 is 1.73 bits per heavy atom. The van der Waals surface area contributed by atoms with Gasteiger partial charge in [-0.2, -0.15) is 0 Å². The van der Waals surface area contributed by atoms with Crippen LogP contribution < -0.4 is 15.8 Å². The lowest BCUT2D eigenvalue weighted by Gasteiger charge is -2.48. The monoisotopic (exact) mass is 454 g/mol. The van der Waals surface area contributed by atoms with Crippen LogP contribution >= 0.6 is 0 Å². The van der Waals surface area contributed by atoms with Crippen molar-refractivity contribution in [1.29, 1.82) is 0 Å². The molecule has 0 aromatic heterocycles. The molecule has 0 bridgehead atoms. The lowest BCUT2D eigenvalue weighted by molar-refractivity contribution is -0.126. The molecular weight excluding hydrogens is 420 g/mol. The minimum Gasteiger partial charge on any atom is -0.496 e. The molecule has 2 saturated heterocycles. The first-order valence-electron chi connectivity index (χ1n) is 12.2. The van der Waals surface area contributed by atoms with Crippen molar-refractivity contribution in [3.63, 3.8) is 0 Å². The van der Waals surface area contributed by atoms with Gasteiger partial charge in [-0.1, -0.05) is 5.57 Å². The zero-order valence-electron chi connectivity index (χ0n) is 19.9. The number of fused-ring (bicyclic) bond motifs is 1. The van der Waals surface area contributed by atoms with E-state index in [1.54, 1.807) is 20.3 Å². The number of anilines is 1. The minimum absolute atomic E-state index is 0.139. The standard InChI is InChI=1S/C26H34N2O5/c1-16-19-15-33-14-18(19)12-20(29)22(16)21(32-3)13-27-8-4-26(5-9-27)6-10-28(11-7-26)23-17(2)24(30)25(23)31/h14,21-22H,4-13,15H2,1-3H3/t21-,22?/m0/s1. The van der Waals surface area contributed by atoms with E-state index in [4.69, 9.17) is 9.47 Å². The number of methoxy groups -OCH3 is 1. The fourth-order valence-corrected chi connectivity index (χ4v) is 6.48. The predicted molar refractivity (Wildman–Crippen MR) is 126 cm³/mol. The number of Topliss-reactive ketones (excluding diaryl/α,β-unsaturated/α-hetero) is 1. The summed E-state index contributed by atoms with van der Waals surface area (Å²) >= 11 is 0.